The normalized spacial score (nSPS) is 16.5. The van der Waals surface area contributed by atoms with Crippen molar-refractivity contribution in [2.24, 2.45) is 5.41 Å². The number of nitrogens with one attached hydrogen (secondary N) is 2. The van der Waals surface area contributed by atoms with Gasteiger partial charge in [-0.3, -0.25) is 14.5 Å². The van der Waals surface area contributed by atoms with Gasteiger partial charge in [-0.1, -0.05) is 45.0 Å². The highest BCUT2D eigenvalue weighted by molar-refractivity contribution is 7.21. The van der Waals surface area contributed by atoms with Gasteiger partial charge in [-0.25, -0.2) is 9.78 Å². The maximum atomic E-state index is 13.7. The Hall–Kier alpha value is -5.21. The molecule has 1 fully saturated rings. The molecule has 1 atom stereocenters. The van der Waals surface area contributed by atoms with Gasteiger partial charge in [0.1, 0.15) is 32.8 Å². The Bertz CT molecular complexity index is 1920. The van der Waals surface area contributed by atoms with Crippen molar-refractivity contribution in [2.75, 3.05) is 23.3 Å². The standard InChI is InChI=1S/C35H34N6O4S/c1-21-17-25(45-24-10-6-5-7-11-24)12-13-26(21)41-27-14-15-37-32-28(27)29(39-34(41)44)30(46-32)31(42)38-23-9-8-16-40(20-23)33(43)22(19-36)18-35(2,3)4/h5-7,10-15,17-18,23H,8-9,16,20H2,1-4H3,(H,38,42)(H,39,44)/b22-18+/t23-/m0/s1. The maximum absolute atomic E-state index is 13.7. The molecular weight excluding hydrogens is 600 g/mol. The predicted molar refractivity (Wildman–Crippen MR) is 179 cm³/mol. The minimum atomic E-state index is -0.392. The van der Waals surface area contributed by atoms with E-state index in [4.69, 9.17) is 4.74 Å². The van der Waals surface area contributed by atoms with E-state index in [1.54, 1.807) is 28.1 Å². The molecule has 2 aliphatic rings. The Morgan fingerprint density at radius 1 is 1.13 bits per heavy atom. The van der Waals surface area contributed by atoms with Crippen LogP contribution in [0.15, 0.2) is 72.4 Å². The lowest BCUT2D eigenvalue weighted by molar-refractivity contribution is -0.128. The van der Waals surface area contributed by atoms with E-state index in [0.29, 0.717) is 69.6 Å². The number of anilines is 3. The number of rotatable bonds is 6. The summed E-state index contributed by atoms with van der Waals surface area (Å²) >= 11 is 1.21. The van der Waals surface area contributed by atoms with Gasteiger partial charge in [0.25, 0.3) is 11.8 Å². The highest BCUT2D eigenvalue weighted by Crippen LogP contribution is 2.46. The monoisotopic (exact) mass is 634 g/mol. The molecule has 11 heteroatoms. The largest absolute Gasteiger partial charge is 0.457 e. The number of piperidine rings is 1. The number of aromatic nitrogens is 1. The number of carbonyl (C=O) groups excluding carboxylic acids is 3. The number of hydrogen-bond donors (Lipinski definition) is 2. The molecular formula is C35H34N6O4S. The fourth-order valence-electron chi connectivity index (χ4n) is 5.83. The van der Waals surface area contributed by atoms with Gasteiger partial charge in [0.2, 0.25) is 0 Å². The molecule has 2 aromatic carbocycles. The molecule has 0 spiro atoms. The predicted octanol–water partition coefficient (Wildman–Crippen LogP) is 7.30. The molecule has 2 aliphatic heterocycles. The van der Waals surface area contributed by atoms with Crippen LogP contribution in [0.1, 0.15) is 48.8 Å². The second kappa shape index (κ2) is 12.3. The zero-order chi connectivity index (χ0) is 32.6. The van der Waals surface area contributed by atoms with Crippen molar-refractivity contribution in [3.05, 3.63) is 82.9 Å². The summed E-state index contributed by atoms with van der Waals surface area (Å²) in [4.78, 5) is 49.2. The molecule has 10 nitrogen and oxygen atoms in total. The van der Waals surface area contributed by atoms with E-state index in [1.165, 1.54) is 11.3 Å². The van der Waals surface area contributed by atoms with Gasteiger partial charge < -0.3 is 20.3 Å². The molecule has 2 aromatic heterocycles. The van der Waals surface area contributed by atoms with Crippen LogP contribution in [0.4, 0.5) is 21.9 Å². The fourth-order valence-corrected chi connectivity index (χ4v) is 6.85. The van der Waals surface area contributed by atoms with Crippen LogP contribution < -0.4 is 20.3 Å². The van der Waals surface area contributed by atoms with E-state index in [2.05, 4.69) is 15.6 Å². The molecule has 234 valence electrons. The number of aryl methyl sites for hydroxylation is 1. The zero-order valence-corrected chi connectivity index (χ0v) is 26.9. The topological polar surface area (TPSA) is 128 Å². The Morgan fingerprint density at radius 3 is 2.63 bits per heavy atom. The first-order chi connectivity index (χ1) is 22.0. The number of likely N-dealkylation sites (tertiary alicyclic amines) is 1. The lowest BCUT2D eigenvalue weighted by Gasteiger charge is -2.33. The van der Waals surface area contributed by atoms with Gasteiger partial charge in [-0.15, -0.1) is 11.3 Å². The van der Waals surface area contributed by atoms with Crippen LogP contribution in [0.2, 0.25) is 0 Å². The summed E-state index contributed by atoms with van der Waals surface area (Å²) in [6, 6.07) is 18.1. The average Bonchev–Trinajstić information content (AvgIpc) is 3.40. The van der Waals surface area contributed by atoms with Crippen LogP contribution in [0.3, 0.4) is 0 Å². The van der Waals surface area contributed by atoms with Gasteiger partial charge >= 0.3 is 6.03 Å². The number of para-hydroxylation sites is 1. The number of nitriles is 1. The van der Waals surface area contributed by atoms with Gasteiger partial charge in [-0.2, -0.15) is 5.26 Å². The molecule has 4 aromatic rings. The highest BCUT2D eigenvalue weighted by Gasteiger charge is 2.35. The second-order valence-electron chi connectivity index (χ2n) is 12.5. The SMILES string of the molecule is Cc1cc(Oc2ccccc2)ccc1N1C(=O)Nc2c(C(=O)N[C@H]3CCCN(C(=O)/C(C#N)=C/C(C)(C)C)C3)sc3nccc1c23. The first-order valence-corrected chi connectivity index (χ1v) is 15.9. The number of benzene rings is 2. The van der Waals surface area contributed by atoms with E-state index in [1.807, 2.05) is 82.3 Å². The van der Waals surface area contributed by atoms with Crippen LogP contribution in [0.25, 0.3) is 10.2 Å². The van der Waals surface area contributed by atoms with Crippen LogP contribution in [0.5, 0.6) is 11.5 Å². The number of pyridine rings is 1. The smallest absolute Gasteiger partial charge is 0.331 e. The average molecular weight is 635 g/mol. The molecule has 6 rings (SSSR count). The third-order valence-corrected chi connectivity index (χ3v) is 8.91. The van der Waals surface area contributed by atoms with Crippen molar-refractivity contribution in [1.29, 1.82) is 5.26 Å². The van der Waals surface area contributed by atoms with Crippen molar-refractivity contribution < 1.29 is 19.1 Å². The number of urea groups is 1. The number of hydrogen-bond acceptors (Lipinski definition) is 7. The quantitative estimate of drug-likeness (QED) is 0.169. The van der Waals surface area contributed by atoms with Crippen molar-refractivity contribution >= 4 is 56.5 Å². The summed E-state index contributed by atoms with van der Waals surface area (Å²) in [5, 5.41) is 16.3. The Kier molecular flexibility index (Phi) is 8.23. The molecule has 0 saturated carbocycles. The van der Waals surface area contributed by atoms with Crippen molar-refractivity contribution in [2.45, 2.75) is 46.6 Å². The van der Waals surface area contributed by atoms with E-state index >= 15 is 0 Å². The molecule has 46 heavy (non-hydrogen) atoms. The number of thiophene rings is 1. The summed E-state index contributed by atoms with van der Waals surface area (Å²) in [5.74, 6) is 0.689. The Labute approximate surface area is 271 Å². The molecule has 0 radical (unpaired) electrons. The van der Waals surface area contributed by atoms with Gasteiger partial charge in [-0.05, 0) is 67.1 Å². The first kappa shape index (κ1) is 30.8. The molecule has 2 N–H and O–H groups in total. The van der Waals surface area contributed by atoms with Crippen molar-refractivity contribution in [1.82, 2.24) is 15.2 Å². The number of ether oxygens (including phenoxy) is 1. The van der Waals surface area contributed by atoms with Crippen LogP contribution in [-0.2, 0) is 4.79 Å². The Balaban J connectivity index is 1.24. The van der Waals surface area contributed by atoms with Crippen LogP contribution >= 0.6 is 11.3 Å². The minimum absolute atomic E-state index is 0.105. The zero-order valence-electron chi connectivity index (χ0n) is 26.1. The number of allylic oxidation sites excluding steroid dienone is 1. The van der Waals surface area contributed by atoms with E-state index in [9.17, 15) is 19.6 Å². The summed E-state index contributed by atoms with van der Waals surface area (Å²) in [6.07, 6.45) is 4.70. The summed E-state index contributed by atoms with van der Waals surface area (Å²) in [6.45, 7) is 8.53. The third kappa shape index (κ3) is 6.17. The summed E-state index contributed by atoms with van der Waals surface area (Å²) in [7, 11) is 0. The number of amides is 4. The van der Waals surface area contributed by atoms with Crippen LogP contribution in [-0.4, -0.2) is 46.9 Å². The lowest BCUT2D eigenvalue weighted by Crippen LogP contribution is -2.50. The molecule has 1 saturated heterocycles. The lowest BCUT2D eigenvalue weighted by atomic mass is 9.93. The van der Waals surface area contributed by atoms with Crippen molar-refractivity contribution in [3.63, 3.8) is 0 Å². The van der Waals surface area contributed by atoms with E-state index < -0.39 is 6.03 Å². The third-order valence-electron chi connectivity index (χ3n) is 7.81. The summed E-state index contributed by atoms with van der Waals surface area (Å²) in [5.41, 5.74) is 2.34. The molecule has 0 bridgehead atoms. The van der Waals surface area contributed by atoms with E-state index in [-0.39, 0.29) is 28.8 Å². The van der Waals surface area contributed by atoms with Gasteiger partial charge in [0.05, 0.1) is 22.4 Å². The first-order valence-electron chi connectivity index (χ1n) is 15.1. The highest BCUT2D eigenvalue weighted by atomic mass is 32.1. The molecule has 4 heterocycles. The minimum Gasteiger partial charge on any atom is -0.457 e. The molecule has 4 amide bonds. The number of nitrogens with zero attached hydrogens (tertiary/aromatic N) is 4. The van der Waals surface area contributed by atoms with Gasteiger partial charge in [0, 0.05) is 25.3 Å². The summed E-state index contributed by atoms with van der Waals surface area (Å²) < 4.78 is 5.98. The van der Waals surface area contributed by atoms with Gasteiger partial charge in [0.15, 0.2) is 0 Å². The second-order valence-corrected chi connectivity index (χ2v) is 13.5. The van der Waals surface area contributed by atoms with Crippen LogP contribution in [0, 0.1) is 23.7 Å². The fraction of sp³-hybridized carbons (Fsp3) is 0.286. The number of carbonyl (C=O) groups is 3. The molecule has 0 unspecified atom stereocenters. The van der Waals surface area contributed by atoms with E-state index in [0.717, 1.165) is 5.56 Å². The Morgan fingerprint density at radius 2 is 1.91 bits per heavy atom. The maximum Gasteiger partial charge on any atom is 0.331 e. The van der Waals surface area contributed by atoms with Crippen molar-refractivity contribution in [3.8, 4) is 17.6 Å². The molecule has 0 aliphatic carbocycles.